The molecule has 0 radical (unpaired) electrons. The second-order valence-corrected chi connectivity index (χ2v) is 4.38. The molecule has 0 aliphatic rings. The lowest BCUT2D eigenvalue weighted by Gasteiger charge is -2.07. The van der Waals surface area contributed by atoms with Gasteiger partial charge in [0.2, 0.25) is 0 Å². The third-order valence-electron chi connectivity index (χ3n) is 2.92. The Kier molecular flexibility index (Phi) is 4.53. The summed E-state index contributed by atoms with van der Waals surface area (Å²) in [5.41, 5.74) is 7.73. The molecule has 2 aromatic carbocycles. The number of carbonyl (C=O) groups is 1. The number of hydrogen-bond acceptors (Lipinski definition) is 4. The second kappa shape index (κ2) is 6.53. The van der Waals surface area contributed by atoms with E-state index in [1.807, 2.05) is 0 Å². The Labute approximate surface area is 121 Å². The number of nitrogens with zero attached hydrogens (tertiary/aromatic N) is 1. The van der Waals surface area contributed by atoms with Gasteiger partial charge in [0.05, 0.1) is 6.61 Å². The zero-order chi connectivity index (χ0) is 15.2. The predicted octanol–water partition coefficient (Wildman–Crippen LogP) is 1.53. The summed E-state index contributed by atoms with van der Waals surface area (Å²) in [4.78, 5) is 12.1. The summed E-state index contributed by atoms with van der Waals surface area (Å²) in [5, 5.41) is 23.2. The number of nitrogens with two attached hydrogens (primary N) is 1. The molecule has 0 aromatic heterocycles. The molecule has 0 saturated carbocycles. The number of nitrogens with one attached hydrogen (secondary N) is 1. The van der Waals surface area contributed by atoms with Crippen LogP contribution in [-0.2, 0) is 6.61 Å². The summed E-state index contributed by atoms with van der Waals surface area (Å²) < 4.78 is 0. The number of amides is 1. The van der Waals surface area contributed by atoms with Crippen LogP contribution in [0.15, 0.2) is 53.7 Å². The molecular formula is C15H15N3O3. The van der Waals surface area contributed by atoms with Gasteiger partial charge in [-0.2, -0.15) is 0 Å². The van der Waals surface area contributed by atoms with E-state index in [1.165, 1.54) is 6.07 Å². The Hall–Kier alpha value is -2.86. The van der Waals surface area contributed by atoms with Crippen LogP contribution in [0.3, 0.4) is 0 Å². The fraction of sp³-hybridized carbons (Fsp3) is 0.0667. The average Bonchev–Trinajstić information content (AvgIpc) is 2.55. The lowest BCUT2D eigenvalue weighted by atomic mass is 10.1. The van der Waals surface area contributed by atoms with Crippen molar-refractivity contribution < 1.29 is 15.1 Å². The standard InChI is InChI=1S/C15H15N3O3/c16-14(18-21)11-2-1-3-12(8-11)15(20)17-13-6-4-10(9-19)5-7-13/h1-8,19,21H,9H2,(H2,16,18)(H,17,20). The number of aliphatic hydroxyl groups is 1. The highest BCUT2D eigenvalue weighted by Crippen LogP contribution is 2.12. The Morgan fingerprint density at radius 3 is 2.43 bits per heavy atom. The summed E-state index contributed by atoms with van der Waals surface area (Å²) in [6, 6.07) is 13.3. The molecule has 0 atom stereocenters. The number of carbonyl (C=O) groups excluding carboxylic acids is 1. The molecule has 108 valence electrons. The molecule has 6 heteroatoms. The van der Waals surface area contributed by atoms with Crippen LogP contribution in [-0.4, -0.2) is 22.1 Å². The smallest absolute Gasteiger partial charge is 0.255 e. The highest BCUT2D eigenvalue weighted by atomic mass is 16.4. The predicted molar refractivity (Wildman–Crippen MR) is 79.3 cm³/mol. The zero-order valence-corrected chi connectivity index (χ0v) is 11.2. The van der Waals surface area contributed by atoms with Gasteiger partial charge in [-0.15, -0.1) is 0 Å². The van der Waals surface area contributed by atoms with E-state index in [4.69, 9.17) is 16.0 Å². The van der Waals surface area contributed by atoms with Gasteiger partial charge < -0.3 is 21.4 Å². The Morgan fingerprint density at radius 1 is 1.14 bits per heavy atom. The van der Waals surface area contributed by atoms with E-state index in [0.717, 1.165) is 5.56 Å². The van der Waals surface area contributed by atoms with E-state index in [1.54, 1.807) is 42.5 Å². The van der Waals surface area contributed by atoms with E-state index < -0.39 is 0 Å². The van der Waals surface area contributed by atoms with Crippen LogP contribution in [0.2, 0.25) is 0 Å². The Balaban J connectivity index is 2.16. The van der Waals surface area contributed by atoms with Gasteiger partial charge in [-0.25, -0.2) is 0 Å². The van der Waals surface area contributed by atoms with E-state index >= 15 is 0 Å². The molecule has 2 aromatic rings. The van der Waals surface area contributed by atoms with Crippen molar-refractivity contribution in [2.45, 2.75) is 6.61 Å². The highest BCUT2D eigenvalue weighted by molar-refractivity contribution is 6.06. The van der Waals surface area contributed by atoms with Crippen molar-refractivity contribution in [3.63, 3.8) is 0 Å². The maximum Gasteiger partial charge on any atom is 0.255 e. The van der Waals surface area contributed by atoms with Crippen LogP contribution in [0.4, 0.5) is 5.69 Å². The number of hydrogen-bond donors (Lipinski definition) is 4. The molecule has 0 saturated heterocycles. The van der Waals surface area contributed by atoms with Crippen molar-refractivity contribution in [3.8, 4) is 0 Å². The minimum absolute atomic E-state index is 0.0456. The van der Waals surface area contributed by atoms with Crippen molar-refractivity contribution in [1.29, 1.82) is 0 Å². The van der Waals surface area contributed by atoms with E-state index in [0.29, 0.717) is 16.8 Å². The largest absolute Gasteiger partial charge is 0.409 e. The minimum Gasteiger partial charge on any atom is -0.409 e. The molecule has 21 heavy (non-hydrogen) atoms. The van der Waals surface area contributed by atoms with Crippen LogP contribution >= 0.6 is 0 Å². The third kappa shape index (κ3) is 3.58. The summed E-state index contributed by atoms with van der Waals surface area (Å²) >= 11 is 0. The summed E-state index contributed by atoms with van der Waals surface area (Å²) in [6.45, 7) is -0.0456. The Morgan fingerprint density at radius 2 is 1.81 bits per heavy atom. The Bertz CT molecular complexity index is 666. The second-order valence-electron chi connectivity index (χ2n) is 4.38. The fourth-order valence-corrected chi connectivity index (χ4v) is 1.77. The van der Waals surface area contributed by atoms with Crippen LogP contribution in [0.25, 0.3) is 0 Å². The molecule has 6 nitrogen and oxygen atoms in total. The van der Waals surface area contributed by atoms with Crippen LogP contribution < -0.4 is 11.1 Å². The zero-order valence-electron chi connectivity index (χ0n) is 11.2. The molecule has 0 aliphatic heterocycles. The lowest BCUT2D eigenvalue weighted by molar-refractivity contribution is 0.102. The molecule has 0 fully saturated rings. The number of rotatable bonds is 4. The van der Waals surface area contributed by atoms with Gasteiger partial charge in [-0.1, -0.05) is 29.4 Å². The van der Waals surface area contributed by atoms with Gasteiger partial charge in [0.25, 0.3) is 5.91 Å². The quantitative estimate of drug-likeness (QED) is 0.295. The molecule has 0 bridgehead atoms. The van der Waals surface area contributed by atoms with Crippen LogP contribution in [0, 0.1) is 0 Å². The number of oxime groups is 1. The van der Waals surface area contributed by atoms with E-state index in [2.05, 4.69) is 10.5 Å². The summed E-state index contributed by atoms with van der Waals surface area (Å²) in [5.74, 6) is -0.365. The van der Waals surface area contributed by atoms with Crippen LogP contribution in [0.5, 0.6) is 0 Å². The lowest BCUT2D eigenvalue weighted by Crippen LogP contribution is -2.16. The van der Waals surface area contributed by atoms with E-state index in [9.17, 15) is 4.79 Å². The van der Waals surface area contributed by atoms with Crippen molar-refractivity contribution >= 4 is 17.4 Å². The number of benzene rings is 2. The maximum absolute atomic E-state index is 12.1. The first-order valence-electron chi connectivity index (χ1n) is 6.23. The molecule has 0 heterocycles. The number of aliphatic hydroxyl groups excluding tert-OH is 1. The topological polar surface area (TPSA) is 108 Å². The fourth-order valence-electron chi connectivity index (χ4n) is 1.77. The van der Waals surface area contributed by atoms with Gasteiger partial charge in [-0.05, 0) is 29.8 Å². The monoisotopic (exact) mass is 285 g/mol. The number of amidine groups is 1. The molecule has 1 amide bonds. The van der Waals surface area contributed by atoms with Crippen LogP contribution in [0.1, 0.15) is 21.5 Å². The SMILES string of the molecule is N/C(=N/O)c1cccc(C(=O)Nc2ccc(CO)cc2)c1. The minimum atomic E-state index is -0.306. The average molecular weight is 285 g/mol. The molecular weight excluding hydrogens is 270 g/mol. The number of anilines is 1. The van der Waals surface area contributed by atoms with Crippen molar-refractivity contribution in [2.24, 2.45) is 10.9 Å². The highest BCUT2D eigenvalue weighted by Gasteiger charge is 2.08. The van der Waals surface area contributed by atoms with Gasteiger partial charge in [0, 0.05) is 16.8 Å². The van der Waals surface area contributed by atoms with Gasteiger partial charge in [0.1, 0.15) is 0 Å². The van der Waals surface area contributed by atoms with Gasteiger partial charge in [0.15, 0.2) is 5.84 Å². The van der Waals surface area contributed by atoms with Crippen molar-refractivity contribution in [2.75, 3.05) is 5.32 Å². The maximum atomic E-state index is 12.1. The van der Waals surface area contributed by atoms with Gasteiger partial charge in [-0.3, -0.25) is 4.79 Å². The first kappa shape index (κ1) is 14.5. The molecule has 0 aliphatic carbocycles. The molecule has 0 spiro atoms. The third-order valence-corrected chi connectivity index (χ3v) is 2.92. The summed E-state index contributed by atoms with van der Waals surface area (Å²) in [7, 11) is 0. The molecule has 5 N–H and O–H groups in total. The first-order chi connectivity index (χ1) is 10.1. The van der Waals surface area contributed by atoms with Gasteiger partial charge >= 0.3 is 0 Å². The normalized spacial score (nSPS) is 11.2. The van der Waals surface area contributed by atoms with Crippen molar-refractivity contribution in [1.82, 2.24) is 0 Å². The first-order valence-corrected chi connectivity index (χ1v) is 6.23. The molecule has 2 rings (SSSR count). The molecule has 0 unspecified atom stereocenters. The summed E-state index contributed by atoms with van der Waals surface area (Å²) in [6.07, 6.45) is 0. The van der Waals surface area contributed by atoms with E-state index in [-0.39, 0.29) is 18.3 Å². The van der Waals surface area contributed by atoms with Crippen molar-refractivity contribution in [3.05, 3.63) is 65.2 Å².